The van der Waals surface area contributed by atoms with Crippen molar-refractivity contribution in [3.63, 3.8) is 0 Å². The van der Waals surface area contributed by atoms with Gasteiger partial charge in [0.25, 0.3) is 15.9 Å². The van der Waals surface area contributed by atoms with Crippen LogP contribution in [0, 0.1) is 13.8 Å². The largest absolute Gasteiger partial charge is 0.378 e. The quantitative estimate of drug-likeness (QED) is 0.892. The zero-order chi connectivity index (χ0) is 18.7. The van der Waals surface area contributed by atoms with Gasteiger partial charge >= 0.3 is 0 Å². The third kappa shape index (κ3) is 3.89. The fourth-order valence-electron chi connectivity index (χ4n) is 3.00. The lowest BCUT2D eigenvalue weighted by Crippen LogP contribution is -2.41. The normalized spacial score (nSPS) is 14.9. The van der Waals surface area contributed by atoms with Crippen LogP contribution in [0.2, 0.25) is 0 Å². The summed E-state index contributed by atoms with van der Waals surface area (Å²) in [5.41, 5.74) is 2.27. The number of nitrogens with zero attached hydrogens (tertiary/aromatic N) is 1. The lowest BCUT2D eigenvalue weighted by atomic mass is 10.1. The molecular weight excluding hydrogens is 352 g/mol. The van der Waals surface area contributed by atoms with Crippen LogP contribution >= 0.6 is 0 Å². The molecule has 0 saturated carbocycles. The molecule has 0 unspecified atom stereocenters. The van der Waals surface area contributed by atoms with E-state index in [1.807, 2.05) is 13.0 Å². The van der Waals surface area contributed by atoms with E-state index >= 15 is 0 Å². The minimum atomic E-state index is -3.79. The monoisotopic (exact) mass is 374 g/mol. The van der Waals surface area contributed by atoms with Crippen molar-refractivity contribution >= 4 is 21.6 Å². The van der Waals surface area contributed by atoms with Gasteiger partial charge in [-0.05, 0) is 37.6 Å². The number of morpholine rings is 1. The highest BCUT2D eigenvalue weighted by Gasteiger charge is 2.24. The molecule has 1 aliphatic heterocycles. The molecule has 0 aliphatic carbocycles. The van der Waals surface area contributed by atoms with E-state index in [1.165, 1.54) is 0 Å². The van der Waals surface area contributed by atoms with Crippen molar-refractivity contribution in [2.45, 2.75) is 18.7 Å². The summed E-state index contributed by atoms with van der Waals surface area (Å²) < 4.78 is 33.5. The Labute approximate surface area is 153 Å². The average Bonchev–Trinajstić information content (AvgIpc) is 2.61. The Morgan fingerprint density at radius 3 is 2.46 bits per heavy atom. The number of aryl methyl sites for hydroxylation is 2. The Balaban J connectivity index is 1.91. The van der Waals surface area contributed by atoms with E-state index in [9.17, 15) is 13.2 Å². The van der Waals surface area contributed by atoms with Gasteiger partial charge in [0.15, 0.2) is 0 Å². The van der Waals surface area contributed by atoms with E-state index in [0.29, 0.717) is 37.4 Å². The maximum atomic E-state index is 12.8. The summed E-state index contributed by atoms with van der Waals surface area (Å²) in [5.74, 6) is -0.202. The number of carbonyl (C=O) groups excluding carboxylic acids is 1. The standard InChI is InChI=1S/C19H22N2O4S/c1-14-7-8-18(15(2)13-14)26(23,24)20-17-6-4-3-5-16(17)19(22)21-9-11-25-12-10-21/h3-8,13,20H,9-12H2,1-2H3. The average molecular weight is 374 g/mol. The Hall–Kier alpha value is -2.38. The maximum absolute atomic E-state index is 12.8. The highest BCUT2D eigenvalue weighted by molar-refractivity contribution is 7.92. The van der Waals surface area contributed by atoms with Crippen LogP contribution in [-0.4, -0.2) is 45.5 Å². The van der Waals surface area contributed by atoms with Crippen LogP contribution in [0.1, 0.15) is 21.5 Å². The van der Waals surface area contributed by atoms with Crippen LogP contribution in [0.5, 0.6) is 0 Å². The number of ether oxygens (including phenoxy) is 1. The Kier molecular flexibility index (Phi) is 5.29. The van der Waals surface area contributed by atoms with Crippen LogP contribution < -0.4 is 4.72 Å². The highest BCUT2D eigenvalue weighted by Crippen LogP contribution is 2.24. The van der Waals surface area contributed by atoms with E-state index in [0.717, 1.165) is 5.56 Å². The predicted molar refractivity (Wildman–Crippen MR) is 99.9 cm³/mol. The molecule has 6 nitrogen and oxygen atoms in total. The Morgan fingerprint density at radius 2 is 1.77 bits per heavy atom. The van der Waals surface area contributed by atoms with E-state index in [4.69, 9.17) is 4.74 Å². The number of para-hydroxylation sites is 1. The van der Waals surface area contributed by atoms with Gasteiger partial charge in [-0.3, -0.25) is 9.52 Å². The minimum Gasteiger partial charge on any atom is -0.378 e. The van der Waals surface area contributed by atoms with Crippen LogP contribution in [-0.2, 0) is 14.8 Å². The van der Waals surface area contributed by atoms with Crippen LogP contribution in [0.15, 0.2) is 47.4 Å². The van der Waals surface area contributed by atoms with Gasteiger partial charge in [0.2, 0.25) is 0 Å². The van der Waals surface area contributed by atoms with Crippen molar-refractivity contribution in [3.05, 3.63) is 59.2 Å². The first-order chi connectivity index (χ1) is 12.4. The molecule has 0 bridgehead atoms. The number of amides is 1. The number of carbonyl (C=O) groups is 1. The molecule has 1 heterocycles. The van der Waals surface area contributed by atoms with Crippen LogP contribution in [0.25, 0.3) is 0 Å². The zero-order valence-corrected chi connectivity index (χ0v) is 15.7. The second-order valence-corrected chi connectivity index (χ2v) is 7.98. The summed E-state index contributed by atoms with van der Waals surface area (Å²) in [6.07, 6.45) is 0. The van der Waals surface area contributed by atoms with Crippen molar-refractivity contribution < 1.29 is 17.9 Å². The Bertz CT molecular complexity index is 919. The lowest BCUT2D eigenvalue weighted by molar-refractivity contribution is 0.0303. The molecule has 26 heavy (non-hydrogen) atoms. The topological polar surface area (TPSA) is 75.7 Å². The van der Waals surface area contributed by atoms with Crippen molar-refractivity contribution in [1.82, 2.24) is 4.90 Å². The molecular formula is C19H22N2O4S. The Morgan fingerprint density at radius 1 is 1.08 bits per heavy atom. The fourth-order valence-corrected chi connectivity index (χ4v) is 4.30. The SMILES string of the molecule is Cc1ccc(S(=O)(=O)Nc2ccccc2C(=O)N2CCOCC2)c(C)c1. The zero-order valence-electron chi connectivity index (χ0n) is 14.9. The molecule has 7 heteroatoms. The third-order valence-electron chi connectivity index (χ3n) is 4.32. The van der Waals surface area contributed by atoms with Crippen molar-refractivity contribution in [1.29, 1.82) is 0 Å². The molecule has 1 aliphatic rings. The first kappa shape index (κ1) is 18.4. The van der Waals surface area contributed by atoms with Gasteiger partial charge in [-0.1, -0.05) is 29.8 Å². The van der Waals surface area contributed by atoms with Crippen LogP contribution in [0.4, 0.5) is 5.69 Å². The smallest absolute Gasteiger partial charge is 0.262 e. The number of benzene rings is 2. The summed E-state index contributed by atoms with van der Waals surface area (Å²) >= 11 is 0. The fraction of sp³-hybridized carbons (Fsp3) is 0.316. The molecule has 0 atom stereocenters. The van der Waals surface area contributed by atoms with Gasteiger partial charge in [-0.15, -0.1) is 0 Å². The third-order valence-corrected chi connectivity index (χ3v) is 5.85. The number of anilines is 1. The number of hydrogen-bond donors (Lipinski definition) is 1. The maximum Gasteiger partial charge on any atom is 0.262 e. The minimum absolute atomic E-state index is 0.202. The molecule has 1 fully saturated rings. The second-order valence-electron chi connectivity index (χ2n) is 6.32. The summed E-state index contributed by atoms with van der Waals surface area (Å²) in [7, 11) is -3.79. The number of rotatable bonds is 4. The summed E-state index contributed by atoms with van der Waals surface area (Å²) in [4.78, 5) is 14.7. The molecule has 2 aromatic rings. The van der Waals surface area contributed by atoms with Gasteiger partial charge in [-0.2, -0.15) is 0 Å². The highest BCUT2D eigenvalue weighted by atomic mass is 32.2. The van der Waals surface area contributed by atoms with Crippen LogP contribution in [0.3, 0.4) is 0 Å². The van der Waals surface area contributed by atoms with Gasteiger partial charge in [0.05, 0.1) is 29.4 Å². The molecule has 0 radical (unpaired) electrons. The summed E-state index contributed by atoms with van der Waals surface area (Å²) in [5, 5.41) is 0. The van der Waals surface area contributed by atoms with Gasteiger partial charge in [0, 0.05) is 13.1 Å². The van der Waals surface area contributed by atoms with Gasteiger partial charge in [-0.25, -0.2) is 8.42 Å². The van der Waals surface area contributed by atoms with E-state index in [2.05, 4.69) is 4.72 Å². The molecule has 2 aromatic carbocycles. The number of nitrogens with one attached hydrogen (secondary N) is 1. The number of hydrogen-bond acceptors (Lipinski definition) is 4. The molecule has 1 N–H and O–H groups in total. The summed E-state index contributed by atoms with van der Waals surface area (Å²) in [6.45, 7) is 5.64. The number of sulfonamides is 1. The molecule has 0 spiro atoms. The van der Waals surface area contributed by atoms with Crippen molar-refractivity contribution in [2.75, 3.05) is 31.0 Å². The molecule has 138 valence electrons. The van der Waals surface area contributed by atoms with E-state index < -0.39 is 10.0 Å². The van der Waals surface area contributed by atoms with Gasteiger partial charge < -0.3 is 9.64 Å². The predicted octanol–water partition coefficient (Wildman–Crippen LogP) is 2.58. The lowest BCUT2D eigenvalue weighted by Gasteiger charge is -2.27. The molecule has 1 amide bonds. The van der Waals surface area contributed by atoms with E-state index in [-0.39, 0.29) is 16.5 Å². The molecule has 3 rings (SSSR count). The molecule has 1 saturated heterocycles. The summed E-state index contributed by atoms with van der Waals surface area (Å²) in [6, 6.07) is 11.8. The molecule has 0 aromatic heterocycles. The van der Waals surface area contributed by atoms with Crippen molar-refractivity contribution in [3.8, 4) is 0 Å². The second kappa shape index (κ2) is 7.47. The van der Waals surface area contributed by atoms with E-state index in [1.54, 1.807) is 48.2 Å². The first-order valence-corrected chi connectivity index (χ1v) is 9.93. The van der Waals surface area contributed by atoms with Gasteiger partial charge in [0.1, 0.15) is 0 Å². The van der Waals surface area contributed by atoms with Crippen molar-refractivity contribution in [2.24, 2.45) is 0 Å². The first-order valence-electron chi connectivity index (χ1n) is 8.44.